The standard InChI is InChI=1S/C21H22N2O4/c1-15(24)17-9-10-19-18(12-17)23(21(26)14-27-19)11-5-8-20(25)22-13-16-6-3-2-4-7-16/h2-4,6-7,9-10,12H,5,8,11,13-14H2,1H3,(H,22,25). The van der Waals surface area contributed by atoms with Gasteiger partial charge in [0, 0.05) is 25.1 Å². The molecule has 140 valence electrons. The number of benzene rings is 2. The van der Waals surface area contributed by atoms with Crippen molar-refractivity contribution in [2.45, 2.75) is 26.3 Å². The van der Waals surface area contributed by atoms with Crippen molar-refractivity contribution in [1.29, 1.82) is 0 Å². The SMILES string of the molecule is CC(=O)c1ccc2c(c1)N(CCCC(=O)NCc1ccccc1)C(=O)CO2. The number of carbonyl (C=O) groups is 3. The Labute approximate surface area is 158 Å². The Morgan fingerprint density at radius 1 is 1.15 bits per heavy atom. The van der Waals surface area contributed by atoms with E-state index in [1.165, 1.54) is 6.92 Å². The summed E-state index contributed by atoms with van der Waals surface area (Å²) < 4.78 is 5.43. The molecule has 6 heteroatoms. The van der Waals surface area contributed by atoms with Crippen LogP contribution in [0.4, 0.5) is 5.69 Å². The van der Waals surface area contributed by atoms with Crippen LogP contribution in [0.25, 0.3) is 0 Å². The Hall–Kier alpha value is -3.15. The number of nitrogens with one attached hydrogen (secondary N) is 1. The molecule has 0 bridgehead atoms. The van der Waals surface area contributed by atoms with Gasteiger partial charge in [-0.05, 0) is 37.1 Å². The van der Waals surface area contributed by atoms with E-state index in [1.54, 1.807) is 23.1 Å². The zero-order valence-corrected chi connectivity index (χ0v) is 15.2. The fourth-order valence-corrected chi connectivity index (χ4v) is 2.95. The fraction of sp³-hybridized carbons (Fsp3) is 0.286. The first kappa shape index (κ1) is 18.6. The third kappa shape index (κ3) is 4.73. The second kappa shape index (κ2) is 8.49. The van der Waals surface area contributed by atoms with Crippen molar-refractivity contribution < 1.29 is 19.1 Å². The predicted octanol–water partition coefficient (Wildman–Crippen LogP) is 2.71. The zero-order valence-electron chi connectivity index (χ0n) is 15.2. The highest BCUT2D eigenvalue weighted by Crippen LogP contribution is 2.33. The van der Waals surface area contributed by atoms with Gasteiger partial charge in [-0.2, -0.15) is 0 Å². The van der Waals surface area contributed by atoms with Crippen LogP contribution < -0.4 is 15.0 Å². The van der Waals surface area contributed by atoms with Crippen LogP contribution in [0.5, 0.6) is 5.75 Å². The first-order valence-corrected chi connectivity index (χ1v) is 8.93. The molecule has 0 spiro atoms. The third-order valence-electron chi connectivity index (χ3n) is 4.43. The quantitative estimate of drug-likeness (QED) is 0.765. The van der Waals surface area contributed by atoms with Gasteiger partial charge in [-0.25, -0.2) is 0 Å². The molecule has 1 aliphatic rings. The van der Waals surface area contributed by atoms with Crippen molar-refractivity contribution in [2.24, 2.45) is 0 Å². The van der Waals surface area contributed by atoms with Crippen molar-refractivity contribution in [1.82, 2.24) is 5.32 Å². The van der Waals surface area contributed by atoms with Crippen LogP contribution in [0.1, 0.15) is 35.7 Å². The minimum atomic E-state index is -0.173. The number of carbonyl (C=O) groups excluding carboxylic acids is 3. The van der Waals surface area contributed by atoms with E-state index >= 15 is 0 Å². The van der Waals surface area contributed by atoms with E-state index in [4.69, 9.17) is 4.74 Å². The zero-order chi connectivity index (χ0) is 19.2. The van der Waals surface area contributed by atoms with Crippen LogP contribution in [0.3, 0.4) is 0 Å². The average Bonchev–Trinajstić information content (AvgIpc) is 2.68. The van der Waals surface area contributed by atoms with Crippen LogP contribution in [-0.4, -0.2) is 30.7 Å². The Morgan fingerprint density at radius 2 is 1.93 bits per heavy atom. The first-order valence-electron chi connectivity index (χ1n) is 8.93. The molecule has 0 fully saturated rings. The second-order valence-corrected chi connectivity index (χ2v) is 6.44. The molecule has 3 rings (SSSR count). The predicted molar refractivity (Wildman–Crippen MR) is 102 cm³/mol. The van der Waals surface area contributed by atoms with Gasteiger partial charge in [0.1, 0.15) is 5.75 Å². The molecule has 1 aliphatic heterocycles. The molecule has 2 amide bonds. The summed E-state index contributed by atoms with van der Waals surface area (Å²) in [6.45, 7) is 2.33. The van der Waals surface area contributed by atoms with Crippen LogP contribution in [-0.2, 0) is 16.1 Å². The lowest BCUT2D eigenvalue weighted by Crippen LogP contribution is -2.40. The highest BCUT2D eigenvalue weighted by Gasteiger charge is 2.26. The van der Waals surface area contributed by atoms with Crippen molar-refractivity contribution in [3.05, 3.63) is 59.7 Å². The van der Waals surface area contributed by atoms with Crippen molar-refractivity contribution in [3.63, 3.8) is 0 Å². The molecule has 0 saturated carbocycles. The molecular weight excluding hydrogens is 344 g/mol. The Bertz CT molecular complexity index is 849. The minimum absolute atomic E-state index is 0.0351. The van der Waals surface area contributed by atoms with Gasteiger partial charge in [-0.3, -0.25) is 14.4 Å². The maximum atomic E-state index is 12.2. The molecule has 27 heavy (non-hydrogen) atoms. The molecule has 1 N–H and O–H groups in total. The number of ketones is 1. The van der Waals surface area contributed by atoms with Gasteiger partial charge in [0.2, 0.25) is 5.91 Å². The van der Waals surface area contributed by atoms with Gasteiger partial charge in [0.25, 0.3) is 5.91 Å². The molecule has 6 nitrogen and oxygen atoms in total. The van der Waals surface area contributed by atoms with Crippen molar-refractivity contribution >= 4 is 23.3 Å². The van der Waals surface area contributed by atoms with E-state index in [1.807, 2.05) is 30.3 Å². The van der Waals surface area contributed by atoms with Gasteiger partial charge in [0.05, 0.1) is 5.69 Å². The lowest BCUT2D eigenvalue weighted by atomic mass is 10.1. The summed E-state index contributed by atoms with van der Waals surface area (Å²) >= 11 is 0. The molecule has 0 aliphatic carbocycles. The monoisotopic (exact) mass is 366 g/mol. The molecule has 0 radical (unpaired) electrons. The smallest absolute Gasteiger partial charge is 0.265 e. The van der Waals surface area contributed by atoms with Crippen molar-refractivity contribution in [2.75, 3.05) is 18.1 Å². The number of fused-ring (bicyclic) bond motifs is 1. The molecule has 0 aromatic heterocycles. The van der Waals surface area contributed by atoms with E-state index in [0.717, 1.165) is 5.56 Å². The summed E-state index contributed by atoms with van der Waals surface area (Å²) in [6, 6.07) is 14.8. The van der Waals surface area contributed by atoms with Gasteiger partial charge in [-0.15, -0.1) is 0 Å². The number of rotatable bonds is 7. The lowest BCUT2D eigenvalue weighted by molar-refractivity contribution is -0.123. The summed E-state index contributed by atoms with van der Waals surface area (Å²) in [5.41, 5.74) is 2.15. The summed E-state index contributed by atoms with van der Waals surface area (Å²) in [4.78, 5) is 37.5. The number of hydrogen-bond acceptors (Lipinski definition) is 4. The van der Waals surface area contributed by atoms with Crippen LogP contribution >= 0.6 is 0 Å². The van der Waals surface area contributed by atoms with E-state index in [-0.39, 0.29) is 24.2 Å². The van der Waals surface area contributed by atoms with Crippen LogP contribution in [0, 0.1) is 0 Å². The number of amides is 2. The number of Topliss-reactive ketones (excluding diaryl/α,β-unsaturated/α-hetero) is 1. The lowest BCUT2D eigenvalue weighted by Gasteiger charge is -2.29. The largest absolute Gasteiger partial charge is 0.482 e. The minimum Gasteiger partial charge on any atom is -0.482 e. The number of hydrogen-bond donors (Lipinski definition) is 1. The Morgan fingerprint density at radius 3 is 2.67 bits per heavy atom. The number of anilines is 1. The van der Waals surface area contributed by atoms with Gasteiger partial charge < -0.3 is 15.0 Å². The van der Waals surface area contributed by atoms with Crippen LogP contribution in [0.2, 0.25) is 0 Å². The Balaban J connectivity index is 1.56. The molecule has 0 unspecified atom stereocenters. The van der Waals surface area contributed by atoms with E-state index in [2.05, 4.69) is 5.32 Å². The second-order valence-electron chi connectivity index (χ2n) is 6.44. The summed E-state index contributed by atoms with van der Waals surface area (Å²) in [5.74, 6) is 0.273. The number of ether oxygens (including phenoxy) is 1. The maximum absolute atomic E-state index is 12.2. The van der Waals surface area contributed by atoms with E-state index in [9.17, 15) is 14.4 Å². The maximum Gasteiger partial charge on any atom is 0.265 e. The van der Waals surface area contributed by atoms with E-state index < -0.39 is 0 Å². The summed E-state index contributed by atoms with van der Waals surface area (Å²) in [5, 5.41) is 2.88. The fourth-order valence-electron chi connectivity index (χ4n) is 2.95. The molecule has 0 atom stereocenters. The van der Waals surface area contributed by atoms with Crippen molar-refractivity contribution in [3.8, 4) is 5.75 Å². The normalized spacial score (nSPS) is 12.9. The molecule has 2 aromatic carbocycles. The molecule has 1 heterocycles. The first-order chi connectivity index (χ1) is 13.0. The topological polar surface area (TPSA) is 75.7 Å². The molecule has 2 aromatic rings. The van der Waals surface area contributed by atoms with Gasteiger partial charge in [0.15, 0.2) is 12.4 Å². The van der Waals surface area contributed by atoms with E-state index in [0.29, 0.717) is 42.9 Å². The Kier molecular flexibility index (Phi) is 5.86. The van der Waals surface area contributed by atoms with Crippen LogP contribution in [0.15, 0.2) is 48.5 Å². The highest BCUT2D eigenvalue weighted by molar-refractivity contribution is 6.01. The van der Waals surface area contributed by atoms with Gasteiger partial charge >= 0.3 is 0 Å². The summed E-state index contributed by atoms with van der Waals surface area (Å²) in [7, 11) is 0. The molecular formula is C21H22N2O4. The number of nitrogens with zero attached hydrogens (tertiary/aromatic N) is 1. The third-order valence-corrected chi connectivity index (χ3v) is 4.43. The molecule has 0 saturated heterocycles. The summed E-state index contributed by atoms with van der Waals surface area (Å²) in [6.07, 6.45) is 0.843. The highest BCUT2D eigenvalue weighted by atomic mass is 16.5. The average molecular weight is 366 g/mol. The van der Waals surface area contributed by atoms with Gasteiger partial charge in [-0.1, -0.05) is 30.3 Å².